The van der Waals surface area contributed by atoms with Gasteiger partial charge in [0.25, 0.3) is 5.91 Å². The highest BCUT2D eigenvalue weighted by Gasteiger charge is 2.51. The number of hydrogen-bond acceptors (Lipinski definition) is 5. The number of hydrogen-bond donors (Lipinski definition) is 1. The Morgan fingerprint density at radius 3 is 2.20 bits per heavy atom. The Hall–Kier alpha value is -2.08. The van der Waals surface area contributed by atoms with Crippen LogP contribution in [0.1, 0.15) is 39.0 Å². The van der Waals surface area contributed by atoms with Gasteiger partial charge in [0, 0.05) is 24.5 Å². The molecule has 1 atom stereocenters. The summed E-state index contributed by atoms with van der Waals surface area (Å²) in [6, 6.07) is 7.81. The fourth-order valence-electron chi connectivity index (χ4n) is 6.44. The third kappa shape index (κ3) is 3.94. The molecule has 1 N–H and O–H groups in total. The van der Waals surface area contributed by atoms with Gasteiger partial charge in [-0.3, -0.25) is 9.59 Å². The second-order valence-corrected chi connectivity index (χ2v) is 9.67. The van der Waals surface area contributed by atoms with Crippen molar-refractivity contribution in [3.05, 3.63) is 24.3 Å². The molecule has 30 heavy (non-hydrogen) atoms. The number of rotatable bonds is 5. The van der Waals surface area contributed by atoms with E-state index in [2.05, 4.69) is 10.2 Å². The standard InChI is InChI=1S/C24H32N2O4/c1-15(30-24(28)22-18-11-16-10-17(13-18)14-19(22)12-16)23(27)25-20-2-4-21(5-3-20)26-6-8-29-9-7-26/h2-5,15-19,22H,6-14H2,1H3,(H,25,27)/t15-,16?,17?,18?,19?,22?/m1/s1. The SMILES string of the molecule is C[C@@H](OC(=O)C1C2CC3CC(C2)CC1C3)C(=O)Nc1ccc(N2CCOCC2)cc1. The van der Waals surface area contributed by atoms with Gasteiger partial charge in [0.05, 0.1) is 19.1 Å². The van der Waals surface area contributed by atoms with Crippen molar-refractivity contribution in [2.45, 2.75) is 45.1 Å². The molecule has 6 heteroatoms. The third-order valence-electron chi connectivity index (χ3n) is 7.67. The molecule has 5 aliphatic rings. The zero-order valence-corrected chi connectivity index (χ0v) is 17.7. The lowest BCUT2D eigenvalue weighted by Crippen LogP contribution is -2.49. The molecule has 1 aromatic carbocycles. The molecule has 0 spiro atoms. The van der Waals surface area contributed by atoms with Gasteiger partial charge in [-0.05, 0) is 87.0 Å². The topological polar surface area (TPSA) is 67.9 Å². The lowest BCUT2D eigenvalue weighted by Gasteiger charge is -2.53. The first-order chi connectivity index (χ1) is 14.6. The van der Waals surface area contributed by atoms with Gasteiger partial charge in [-0.25, -0.2) is 0 Å². The molecular weight excluding hydrogens is 380 g/mol. The molecule has 1 aliphatic heterocycles. The predicted molar refractivity (Wildman–Crippen MR) is 114 cm³/mol. The lowest BCUT2D eigenvalue weighted by atomic mass is 9.52. The zero-order chi connectivity index (χ0) is 20.7. The van der Waals surface area contributed by atoms with E-state index in [1.165, 1.54) is 32.1 Å². The van der Waals surface area contributed by atoms with E-state index in [0.717, 1.165) is 49.5 Å². The number of carbonyl (C=O) groups excluding carboxylic acids is 2. The highest BCUT2D eigenvalue weighted by molar-refractivity contribution is 5.95. The fourth-order valence-corrected chi connectivity index (χ4v) is 6.44. The van der Waals surface area contributed by atoms with E-state index < -0.39 is 6.10 Å². The van der Waals surface area contributed by atoms with E-state index in [4.69, 9.17) is 9.47 Å². The summed E-state index contributed by atoms with van der Waals surface area (Å²) in [5.41, 5.74) is 1.84. The fraction of sp³-hybridized carbons (Fsp3) is 0.667. The van der Waals surface area contributed by atoms with Crippen molar-refractivity contribution >= 4 is 23.3 Å². The van der Waals surface area contributed by atoms with Crippen LogP contribution in [0.5, 0.6) is 0 Å². The minimum atomic E-state index is -0.784. The summed E-state index contributed by atoms with van der Waals surface area (Å²) in [5, 5.41) is 2.89. The van der Waals surface area contributed by atoms with Crippen LogP contribution in [0.3, 0.4) is 0 Å². The zero-order valence-electron chi connectivity index (χ0n) is 17.7. The normalized spacial score (nSPS) is 33.2. The van der Waals surface area contributed by atoms with Gasteiger partial charge in [-0.2, -0.15) is 0 Å². The minimum Gasteiger partial charge on any atom is -0.452 e. The van der Waals surface area contributed by atoms with Crippen LogP contribution in [0, 0.1) is 29.6 Å². The molecular formula is C24H32N2O4. The van der Waals surface area contributed by atoms with Gasteiger partial charge in [-0.15, -0.1) is 0 Å². The lowest BCUT2D eigenvalue weighted by molar-refractivity contribution is -0.169. The number of nitrogens with one attached hydrogen (secondary N) is 1. The molecule has 5 fully saturated rings. The maximum atomic E-state index is 12.9. The van der Waals surface area contributed by atoms with E-state index in [-0.39, 0.29) is 17.8 Å². The molecule has 0 unspecified atom stereocenters. The van der Waals surface area contributed by atoms with Crippen LogP contribution < -0.4 is 10.2 Å². The average molecular weight is 413 g/mol. The summed E-state index contributed by atoms with van der Waals surface area (Å²) >= 11 is 0. The largest absolute Gasteiger partial charge is 0.452 e. The third-order valence-corrected chi connectivity index (χ3v) is 7.67. The van der Waals surface area contributed by atoms with Gasteiger partial charge in [0.1, 0.15) is 0 Å². The Kier molecular flexibility index (Phi) is 5.44. The Balaban J connectivity index is 1.15. The van der Waals surface area contributed by atoms with Crippen LogP contribution in [-0.2, 0) is 19.1 Å². The van der Waals surface area contributed by atoms with Crippen molar-refractivity contribution in [1.29, 1.82) is 0 Å². The van der Waals surface area contributed by atoms with Gasteiger partial charge >= 0.3 is 5.97 Å². The number of nitrogens with zero attached hydrogens (tertiary/aromatic N) is 1. The first-order valence-corrected chi connectivity index (χ1v) is 11.5. The molecule has 4 saturated carbocycles. The van der Waals surface area contributed by atoms with E-state index in [1.807, 2.05) is 24.3 Å². The maximum absolute atomic E-state index is 12.9. The molecule has 4 aliphatic carbocycles. The van der Waals surface area contributed by atoms with Crippen LogP contribution in [-0.4, -0.2) is 44.3 Å². The second-order valence-electron chi connectivity index (χ2n) is 9.67. The molecule has 6 rings (SSSR count). The molecule has 6 nitrogen and oxygen atoms in total. The van der Waals surface area contributed by atoms with E-state index >= 15 is 0 Å². The maximum Gasteiger partial charge on any atom is 0.310 e. The molecule has 1 amide bonds. The summed E-state index contributed by atoms with van der Waals surface area (Å²) in [5.74, 6) is 2.14. The summed E-state index contributed by atoms with van der Waals surface area (Å²) in [6.45, 7) is 4.91. The number of morpholine rings is 1. The smallest absolute Gasteiger partial charge is 0.310 e. The van der Waals surface area contributed by atoms with Gasteiger partial charge in [-0.1, -0.05) is 0 Å². The van der Waals surface area contributed by atoms with Crippen molar-refractivity contribution in [3.63, 3.8) is 0 Å². The highest BCUT2D eigenvalue weighted by Crippen LogP contribution is 2.56. The van der Waals surface area contributed by atoms with Crippen LogP contribution in [0.25, 0.3) is 0 Å². The summed E-state index contributed by atoms with van der Waals surface area (Å²) in [6.07, 6.45) is 5.25. The number of amides is 1. The summed E-state index contributed by atoms with van der Waals surface area (Å²) in [4.78, 5) is 27.8. The first kappa shape index (κ1) is 19.9. The van der Waals surface area contributed by atoms with Gasteiger partial charge in [0.15, 0.2) is 6.10 Å². The van der Waals surface area contributed by atoms with Crippen LogP contribution in [0.4, 0.5) is 11.4 Å². The molecule has 4 bridgehead atoms. The molecule has 162 valence electrons. The Morgan fingerprint density at radius 1 is 1.00 bits per heavy atom. The number of carbonyl (C=O) groups is 2. The predicted octanol–water partition coefficient (Wildman–Crippen LogP) is 3.47. The van der Waals surface area contributed by atoms with Crippen molar-refractivity contribution in [1.82, 2.24) is 0 Å². The molecule has 1 heterocycles. The van der Waals surface area contributed by atoms with Gasteiger partial charge in [0.2, 0.25) is 0 Å². The van der Waals surface area contributed by atoms with Gasteiger partial charge < -0.3 is 19.7 Å². The average Bonchev–Trinajstić information content (AvgIpc) is 2.74. The van der Waals surface area contributed by atoms with Crippen molar-refractivity contribution in [3.8, 4) is 0 Å². The van der Waals surface area contributed by atoms with Crippen LogP contribution >= 0.6 is 0 Å². The Bertz CT molecular complexity index is 759. The Labute approximate surface area is 178 Å². The van der Waals surface area contributed by atoms with E-state index in [9.17, 15) is 9.59 Å². The summed E-state index contributed by atoms with van der Waals surface area (Å²) in [7, 11) is 0. The second kappa shape index (κ2) is 8.22. The quantitative estimate of drug-likeness (QED) is 0.750. The van der Waals surface area contributed by atoms with E-state index in [1.54, 1.807) is 6.92 Å². The minimum absolute atomic E-state index is 0.000793. The summed E-state index contributed by atoms with van der Waals surface area (Å²) < 4.78 is 11.0. The molecule has 0 radical (unpaired) electrons. The number of esters is 1. The molecule has 1 aromatic rings. The van der Waals surface area contributed by atoms with Crippen molar-refractivity contribution in [2.75, 3.05) is 36.5 Å². The van der Waals surface area contributed by atoms with Crippen molar-refractivity contribution in [2.24, 2.45) is 29.6 Å². The number of anilines is 2. The van der Waals surface area contributed by atoms with E-state index in [0.29, 0.717) is 11.8 Å². The van der Waals surface area contributed by atoms with Crippen LogP contribution in [0.2, 0.25) is 0 Å². The van der Waals surface area contributed by atoms with Crippen LogP contribution in [0.15, 0.2) is 24.3 Å². The molecule has 1 saturated heterocycles. The number of benzene rings is 1. The first-order valence-electron chi connectivity index (χ1n) is 11.5. The monoisotopic (exact) mass is 412 g/mol. The van der Waals surface area contributed by atoms with Crippen molar-refractivity contribution < 1.29 is 19.1 Å². The Morgan fingerprint density at radius 2 is 1.60 bits per heavy atom. The highest BCUT2D eigenvalue weighted by atomic mass is 16.5. The molecule has 0 aromatic heterocycles. The number of ether oxygens (including phenoxy) is 2.